The summed E-state index contributed by atoms with van der Waals surface area (Å²) >= 11 is 0. The number of nitrogens with one attached hydrogen (secondary N) is 2. The number of hydrazone groups is 1. The van der Waals surface area contributed by atoms with Crippen molar-refractivity contribution in [3.05, 3.63) is 59.2 Å². The Balaban J connectivity index is 1.80. The third-order valence-corrected chi connectivity index (χ3v) is 4.00. The van der Waals surface area contributed by atoms with Crippen molar-refractivity contribution in [3.8, 4) is 5.75 Å². The van der Waals surface area contributed by atoms with E-state index < -0.39 is 0 Å². The lowest BCUT2D eigenvalue weighted by Crippen LogP contribution is -2.21. The molecule has 0 radical (unpaired) electrons. The predicted molar refractivity (Wildman–Crippen MR) is 102 cm³/mol. The van der Waals surface area contributed by atoms with Crippen molar-refractivity contribution in [1.29, 1.82) is 0 Å². The number of hydrogen-bond donors (Lipinski definition) is 3. The Morgan fingerprint density at radius 3 is 2.27 bits per heavy atom. The molecule has 6 nitrogen and oxygen atoms in total. The summed E-state index contributed by atoms with van der Waals surface area (Å²) in [6.07, 6.45) is 0.121. The smallest absolute Gasteiger partial charge is 0.240 e. The van der Waals surface area contributed by atoms with Crippen LogP contribution in [0.1, 0.15) is 36.5 Å². The van der Waals surface area contributed by atoms with Gasteiger partial charge in [-0.3, -0.25) is 9.59 Å². The first-order valence-electron chi connectivity index (χ1n) is 8.35. The molecule has 2 aromatic rings. The average molecular weight is 353 g/mol. The zero-order valence-corrected chi connectivity index (χ0v) is 15.2. The Kier molecular flexibility index (Phi) is 6.49. The van der Waals surface area contributed by atoms with Crippen LogP contribution in [0.15, 0.2) is 47.6 Å². The van der Waals surface area contributed by atoms with Gasteiger partial charge in [0, 0.05) is 18.5 Å². The molecule has 0 aliphatic rings. The van der Waals surface area contributed by atoms with E-state index >= 15 is 0 Å². The van der Waals surface area contributed by atoms with Gasteiger partial charge in [-0.05, 0) is 73.9 Å². The maximum Gasteiger partial charge on any atom is 0.240 e. The molecular formula is C20H23N3O3. The van der Waals surface area contributed by atoms with Crippen molar-refractivity contribution >= 4 is 23.2 Å². The fourth-order valence-electron chi connectivity index (χ4n) is 2.24. The van der Waals surface area contributed by atoms with Gasteiger partial charge >= 0.3 is 0 Å². The van der Waals surface area contributed by atoms with Crippen LogP contribution in [0.25, 0.3) is 0 Å². The van der Waals surface area contributed by atoms with Gasteiger partial charge in [-0.1, -0.05) is 6.07 Å². The summed E-state index contributed by atoms with van der Waals surface area (Å²) in [5.41, 5.74) is 6.81. The number of phenols is 1. The lowest BCUT2D eigenvalue weighted by Gasteiger charge is -2.07. The molecule has 0 spiro atoms. The number of nitrogens with zero attached hydrogens (tertiary/aromatic N) is 1. The van der Waals surface area contributed by atoms with E-state index in [1.165, 1.54) is 0 Å². The molecule has 3 N–H and O–H groups in total. The van der Waals surface area contributed by atoms with E-state index in [9.17, 15) is 14.7 Å². The Hall–Kier alpha value is -3.15. The fraction of sp³-hybridized carbons (Fsp3) is 0.250. The maximum atomic E-state index is 12.0. The van der Waals surface area contributed by atoms with E-state index in [2.05, 4.69) is 15.8 Å². The van der Waals surface area contributed by atoms with E-state index in [1.807, 2.05) is 32.0 Å². The highest BCUT2D eigenvalue weighted by Crippen LogP contribution is 2.14. The molecular weight excluding hydrogens is 330 g/mol. The highest BCUT2D eigenvalue weighted by atomic mass is 16.3. The van der Waals surface area contributed by atoms with E-state index in [-0.39, 0.29) is 30.4 Å². The maximum absolute atomic E-state index is 12.0. The fourth-order valence-corrected chi connectivity index (χ4v) is 2.24. The average Bonchev–Trinajstić information content (AvgIpc) is 2.61. The van der Waals surface area contributed by atoms with Crippen LogP contribution in [-0.2, 0) is 9.59 Å². The summed E-state index contributed by atoms with van der Waals surface area (Å²) in [5.74, 6) is -0.388. The number of benzene rings is 2. The second-order valence-corrected chi connectivity index (χ2v) is 6.13. The normalized spacial score (nSPS) is 11.1. The van der Waals surface area contributed by atoms with Gasteiger partial charge in [0.05, 0.1) is 5.71 Å². The lowest BCUT2D eigenvalue weighted by atomic mass is 10.1. The molecule has 0 saturated heterocycles. The number of anilines is 1. The Morgan fingerprint density at radius 2 is 1.62 bits per heavy atom. The van der Waals surface area contributed by atoms with E-state index in [0.29, 0.717) is 5.71 Å². The number of phenolic OH excluding ortho intramolecular Hbond substituents is 1. The highest BCUT2D eigenvalue weighted by molar-refractivity contribution is 5.99. The van der Waals surface area contributed by atoms with Gasteiger partial charge in [-0.2, -0.15) is 5.10 Å². The number of amides is 2. The lowest BCUT2D eigenvalue weighted by molar-refractivity contribution is -0.124. The minimum Gasteiger partial charge on any atom is -0.508 e. The second-order valence-electron chi connectivity index (χ2n) is 6.13. The molecule has 0 unspecified atom stereocenters. The van der Waals surface area contributed by atoms with Crippen molar-refractivity contribution in [2.75, 3.05) is 5.32 Å². The molecule has 0 atom stereocenters. The van der Waals surface area contributed by atoms with Gasteiger partial charge in [-0.25, -0.2) is 5.43 Å². The Morgan fingerprint density at radius 1 is 0.962 bits per heavy atom. The summed E-state index contributed by atoms with van der Waals surface area (Å²) in [6.45, 7) is 5.73. The molecule has 0 fully saturated rings. The van der Waals surface area contributed by atoms with E-state index in [0.717, 1.165) is 22.4 Å². The summed E-state index contributed by atoms with van der Waals surface area (Å²) in [4.78, 5) is 23.8. The van der Waals surface area contributed by atoms with Crippen LogP contribution >= 0.6 is 0 Å². The number of aromatic hydroxyl groups is 1. The van der Waals surface area contributed by atoms with E-state index in [1.54, 1.807) is 31.2 Å². The third-order valence-electron chi connectivity index (χ3n) is 4.00. The van der Waals surface area contributed by atoms with Gasteiger partial charge in [0.25, 0.3) is 0 Å². The first-order valence-corrected chi connectivity index (χ1v) is 8.35. The van der Waals surface area contributed by atoms with Gasteiger partial charge in [0.15, 0.2) is 0 Å². The summed E-state index contributed by atoms with van der Waals surface area (Å²) in [5, 5.41) is 16.1. The SMILES string of the molecule is CC(=NNC(=O)CCC(=O)Nc1ccc(C)c(C)c1)c1ccc(O)cc1. The largest absolute Gasteiger partial charge is 0.508 e. The first kappa shape index (κ1) is 19.2. The van der Waals surface area contributed by atoms with Crippen molar-refractivity contribution in [3.63, 3.8) is 0 Å². The molecule has 2 rings (SSSR count). The molecule has 26 heavy (non-hydrogen) atoms. The van der Waals surface area contributed by atoms with Crippen LogP contribution in [0.5, 0.6) is 5.75 Å². The quantitative estimate of drug-likeness (QED) is 0.550. The zero-order valence-electron chi connectivity index (χ0n) is 15.2. The number of carbonyl (C=O) groups is 2. The number of carbonyl (C=O) groups excluding carboxylic acids is 2. The number of hydrogen-bond acceptors (Lipinski definition) is 4. The molecule has 0 heterocycles. The van der Waals surface area contributed by atoms with Crippen LogP contribution < -0.4 is 10.7 Å². The molecule has 0 aromatic heterocycles. The zero-order chi connectivity index (χ0) is 19.1. The van der Waals surface area contributed by atoms with Crippen LogP contribution in [0.4, 0.5) is 5.69 Å². The molecule has 0 aliphatic carbocycles. The van der Waals surface area contributed by atoms with Crippen molar-refractivity contribution in [1.82, 2.24) is 5.43 Å². The highest BCUT2D eigenvalue weighted by Gasteiger charge is 2.08. The molecule has 0 aliphatic heterocycles. The van der Waals surface area contributed by atoms with Crippen molar-refractivity contribution in [2.24, 2.45) is 5.10 Å². The molecule has 2 aromatic carbocycles. The van der Waals surface area contributed by atoms with Crippen LogP contribution in [-0.4, -0.2) is 22.6 Å². The summed E-state index contributed by atoms with van der Waals surface area (Å²) in [7, 11) is 0. The van der Waals surface area contributed by atoms with Crippen molar-refractivity contribution in [2.45, 2.75) is 33.6 Å². The molecule has 2 amide bonds. The minimum absolute atomic E-state index is 0.0447. The molecule has 0 bridgehead atoms. The van der Waals surface area contributed by atoms with Crippen LogP contribution in [0.3, 0.4) is 0 Å². The van der Waals surface area contributed by atoms with Gasteiger partial charge in [0.1, 0.15) is 5.75 Å². The first-order chi connectivity index (χ1) is 12.3. The molecule has 136 valence electrons. The second kappa shape index (κ2) is 8.80. The topological polar surface area (TPSA) is 90.8 Å². The Labute approximate surface area is 152 Å². The van der Waals surface area contributed by atoms with Gasteiger partial charge in [-0.15, -0.1) is 0 Å². The van der Waals surface area contributed by atoms with Crippen LogP contribution in [0.2, 0.25) is 0 Å². The standard InChI is InChI=1S/C20H23N3O3/c1-13-4-7-17(12-14(13)2)21-19(25)10-11-20(26)23-22-15(3)16-5-8-18(24)9-6-16/h4-9,12,24H,10-11H2,1-3H3,(H,21,25)(H,23,26). The monoisotopic (exact) mass is 353 g/mol. The minimum atomic E-state index is -0.335. The molecule has 6 heteroatoms. The summed E-state index contributed by atoms with van der Waals surface area (Å²) in [6, 6.07) is 12.2. The van der Waals surface area contributed by atoms with Gasteiger partial charge < -0.3 is 10.4 Å². The predicted octanol–water partition coefficient (Wildman–Crippen LogP) is 3.27. The Bertz CT molecular complexity index is 827. The summed E-state index contributed by atoms with van der Waals surface area (Å²) < 4.78 is 0. The van der Waals surface area contributed by atoms with Gasteiger partial charge in [0.2, 0.25) is 11.8 Å². The van der Waals surface area contributed by atoms with Crippen molar-refractivity contribution < 1.29 is 14.7 Å². The van der Waals surface area contributed by atoms with E-state index in [4.69, 9.17) is 0 Å². The molecule has 0 saturated carbocycles. The number of rotatable bonds is 6. The third kappa shape index (κ3) is 5.73. The van der Waals surface area contributed by atoms with Crippen LogP contribution in [0, 0.1) is 13.8 Å². The number of aryl methyl sites for hydroxylation is 2.